The molecule has 0 aromatic heterocycles. The normalized spacial score (nSPS) is 21.3. The van der Waals surface area contributed by atoms with Gasteiger partial charge in [-0.1, -0.05) is 6.42 Å². The molecule has 1 aliphatic rings. The van der Waals surface area contributed by atoms with E-state index in [0.717, 1.165) is 25.3 Å². The summed E-state index contributed by atoms with van der Waals surface area (Å²) in [6.07, 6.45) is 2.75. The molecule has 1 aromatic carbocycles. The van der Waals surface area contributed by atoms with Crippen LogP contribution in [-0.2, 0) is 10.2 Å². The van der Waals surface area contributed by atoms with Gasteiger partial charge in [0.05, 0.1) is 11.4 Å². The molecule has 0 radical (unpaired) electrons. The molecule has 1 aromatic rings. The smallest absolute Gasteiger partial charge is 0.301 e. The Morgan fingerprint density at radius 1 is 1.42 bits per heavy atom. The first kappa shape index (κ1) is 14.1. The summed E-state index contributed by atoms with van der Waals surface area (Å²) in [5.41, 5.74) is 5.62. The predicted octanol–water partition coefficient (Wildman–Crippen LogP) is 1.94. The molecule has 1 aliphatic heterocycles. The standard InChI is InChI=1S/C12H18FN3O2S/c1-9-4-2-3-7-16(9)19(17,18)15-10-5-6-11(13)12(14)8-10/h5-6,8-9,15H,2-4,7,14H2,1H3. The maximum Gasteiger partial charge on any atom is 0.301 e. The maximum atomic E-state index is 13.0. The van der Waals surface area contributed by atoms with Crippen LogP contribution in [0.25, 0.3) is 0 Å². The summed E-state index contributed by atoms with van der Waals surface area (Å²) >= 11 is 0. The van der Waals surface area contributed by atoms with Crippen molar-refractivity contribution < 1.29 is 12.8 Å². The van der Waals surface area contributed by atoms with E-state index in [0.29, 0.717) is 6.54 Å². The molecular weight excluding hydrogens is 269 g/mol. The molecule has 1 atom stereocenters. The average molecular weight is 287 g/mol. The highest BCUT2D eigenvalue weighted by Gasteiger charge is 2.29. The first-order valence-corrected chi connectivity index (χ1v) is 7.69. The Bertz CT molecular complexity index is 562. The molecule has 0 amide bonds. The fourth-order valence-electron chi connectivity index (χ4n) is 2.24. The van der Waals surface area contributed by atoms with Gasteiger partial charge in [0.25, 0.3) is 0 Å². The van der Waals surface area contributed by atoms with Gasteiger partial charge in [0, 0.05) is 12.6 Å². The molecule has 5 nitrogen and oxygen atoms in total. The van der Waals surface area contributed by atoms with E-state index in [1.165, 1.54) is 16.4 Å². The summed E-state index contributed by atoms with van der Waals surface area (Å²) in [7, 11) is -3.61. The highest BCUT2D eigenvalue weighted by molar-refractivity contribution is 7.90. The highest BCUT2D eigenvalue weighted by atomic mass is 32.2. The van der Waals surface area contributed by atoms with Gasteiger partial charge in [0.2, 0.25) is 0 Å². The zero-order valence-corrected chi connectivity index (χ0v) is 11.6. The van der Waals surface area contributed by atoms with Crippen LogP contribution in [-0.4, -0.2) is 25.3 Å². The Balaban J connectivity index is 2.18. The Morgan fingerprint density at radius 2 is 2.16 bits per heavy atom. The van der Waals surface area contributed by atoms with Crippen LogP contribution in [0.4, 0.5) is 15.8 Å². The van der Waals surface area contributed by atoms with Crippen molar-refractivity contribution in [3.8, 4) is 0 Å². The minimum Gasteiger partial charge on any atom is -0.396 e. The predicted molar refractivity (Wildman–Crippen MR) is 73.4 cm³/mol. The van der Waals surface area contributed by atoms with Gasteiger partial charge in [-0.3, -0.25) is 4.72 Å². The number of nitrogens with one attached hydrogen (secondary N) is 1. The monoisotopic (exact) mass is 287 g/mol. The molecule has 0 saturated carbocycles. The van der Waals surface area contributed by atoms with Gasteiger partial charge >= 0.3 is 10.2 Å². The second-order valence-corrected chi connectivity index (χ2v) is 6.42. The van der Waals surface area contributed by atoms with Gasteiger partial charge in [0.15, 0.2) is 0 Å². The number of nitrogens with two attached hydrogens (primary N) is 1. The topological polar surface area (TPSA) is 75.4 Å². The Morgan fingerprint density at radius 3 is 2.79 bits per heavy atom. The van der Waals surface area contributed by atoms with Crippen LogP contribution >= 0.6 is 0 Å². The number of halogens is 1. The number of nitrogen functional groups attached to an aromatic ring is 1. The minimum atomic E-state index is -3.61. The summed E-state index contributed by atoms with van der Waals surface area (Å²) in [6, 6.07) is 3.76. The summed E-state index contributed by atoms with van der Waals surface area (Å²) in [5, 5.41) is 0. The van der Waals surface area contributed by atoms with Gasteiger partial charge < -0.3 is 5.73 Å². The van der Waals surface area contributed by atoms with Crippen molar-refractivity contribution in [1.82, 2.24) is 4.31 Å². The number of anilines is 2. The number of piperidine rings is 1. The van der Waals surface area contributed by atoms with E-state index in [-0.39, 0.29) is 17.4 Å². The zero-order valence-electron chi connectivity index (χ0n) is 10.8. The first-order chi connectivity index (χ1) is 8.90. The second kappa shape index (κ2) is 5.34. The van der Waals surface area contributed by atoms with Crippen LogP contribution in [0.1, 0.15) is 26.2 Å². The van der Waals surface area contributed by atoms with Gasteiger partial charge in [-0.2, -0.15) is 12.7 Å². The van der Waals surface area contributed by atoms with Gasteiger partial charge in [0.1, 0.15) is 5.82 Å². The van der Waals surface area contributed by atoms with Crippen LogP contribution in [0.2, 0.25) is 0 Å². The molecule has 3 N–H and O–H groups in total. The maximum absolute atomic E-state index is 13.0. The van der Waals surface area contributed by atoms with Crippen molar-refractivity contribution >= 4 is 21.6 Å². The van der Waals surface area contributed by atoms with E-state index >= 15 is 0 Å². The molecule has 0 spiro atoms. The molecule has 0 bridgehead atoms. The molecule has 1 unspecified atom stereocenters. The largest absolute Gasteiger partial charge is 0.396 e. The zero-order chi connectivity index (χ0) is 14.0. The summed E-state index contributed by atoms with van der Waals surface area (Å²) < 4.78 is 41.4. The van der Waals surface area contributed by atoms with Crippen LogP contribution in [0.3, 0.4) is 0 Å². The minimum absolute atomic E-state index is 0.0240. The Labute approximate surface area is 112 Å². The number of hydrogen-bond acceptors (Lipinski definition) is 3. The van der Waals surface area contributed by atoms with Gasteiger partial charge in [-0.15, -0.1) is 0 Å². The van der Waals surface area contributed by atoms with Crippen molar-refractivity contribution in [3.05, 3.63) is 24.0 Å². The van der Waals surface area contributed by atoms with Crippen LogP contribution in [0.5, 0.6) is 0 Å². The molecule has 19 heavy (non-hydrogen) atoms. The Hall–Kier alpha value is -1.34. The lowest BCUT2D eigenvalue weighted by Gasteiger charge is -2.32. The molecule has 106 valence electrons. The summed E-state index contributed by atoms with van der Waals surface area (Å²) in [5.74, 6) is -0.561. The fourth-order valence-corrected chi connectivity index (χ4v) is 3.73. The van der Waals surface area contributed by atoms with E-state index < -0.39 is 16.0 Å². The first-order valence-electron chi connectivity index (χ1n) is 6.25. The SMILES string of the molecule is CC1CCCCN1S(=O)(=O)Nc1ccc(F)c(N)c1. The average Bonchev–Trinajstić information content (AvgIpc) is 2.34. The number of hydrogen-bond donors (Lipinski definition) is 2. The van der Waals surface area contributed by atoms with Crippen LogP contribution < -0.4 is 10.5 Å². The third-order valence-electron chi connectivity index (χ3n) is 3.29. The lowest BCUT2D eigenvalue weighted by molar-refractivity contribution is 0.270. The van der Waals surface area contributed by atoms with Crippen molar-refractivity contribution in [1.29, 1.82) is 0 Å². The van der Waals surface area contributed by atoms with Crippen molar-refractivity contribution in [2.75, 3.05) is 17.0 Å². The summed E-state index contributed by atoms with van der Waals surface area (Å²) in [4.78, 5) is 0. The van der Waals surface area contributed by atoms with E-state index in [9.17, 15) is 12.8 Å². The van der Waals surface area contributed by atoms with E-state index in [2.05, 4.69) is 4.72 Å². The lowest BCUT2D eigenvalue weighted by Crippen LogP contribution is -2.44. The quantitative estimate of drug-likeness (QED) is 0.834. The third-order valence-corrected chi connectivity index (χ3v) is 4.95. The van der Waals surface area contributed by atoms with Crippen molar-refractivity contribution in [3.63, 3.8) is 0 Å². The summed E-state index contributed by atoms with van der Waals surface area (Å²) in [6.45, 7) is 2.39. The van der Waals surface area contributed by atoms with E-state index in [1.54, 1.807) is 0 Å². The number of nitrogens with zero attached hydrogens (tertiary/aromatic N) is 1. The third kappa shape index (κ3) is 3.16. The molecule has 2 rings (SSSR count). The molecule has 1 saturated heterocycles. The van der Waals surface area contributed by atoms with Crippen molar-refractivity contribution in [2.24, 2.45) is 0 Å². The van der Waals surface area contributed by atoms with E-state index in [4.69, 9.17) is 5.73 Å². The van der Waals surface area contributed by atoms with Crippen LogP contribution in [0, 0.1) is 5.82 Å². The van der Waals surface area contributed by atoms with E-state index in [1.807, 2.05) is 6.92 Å². The number of benzene rings is 1. The van der Waals surface area contributed by atoms with Gasteiger partial charge in [-0.25, -0.2) is 4.39 Å². The van der Waals surface area contributed by atoms with Gasteiger partial charge in [-0.05, 0) is 38.0 Å². The molecule has 7 heteroatoms. The fraction of sp³-hybridized carbons (Fsp3) is 0.500. The number of rotatable bonds is 3. The molecule has 1 heterocycles. The van der Waals surface area contributed by atoms with Crippen molar-refractivity contribution in [2.45, 2.75) is 32.2 Å². The lowest BCUT2D eigenvalue weighted by atomic mass is 10.1. The molecule has 1 fully saturated rings. The van der Waals surface area contributed by atoms with Crippen LogP contribution in [0.15, 0.2) is 18.2 Å². The molecular formula is C12H18FN3O2S. The second-order valence-electron chi connectivity index (χ2n) is 4.80. The highest BCUT2D eigenvalue weighted by Crippen LogP contribution is 2.23. The molecule has 0 aliphatic carbocycles. The Kier molecular flexibility index (Phi) is 3.96.